The number of fused-ring (bicyclic) bond motifs is 1. The molecule has 4 rings (SSSR count). The molecule has 0 aliphatic heterocycles. The molecule has 0 aliphatic carbocycles. The lowest BCUT2D eigenvalue weighted by molar-refractivity contribution is 0.0946. The Morgan fingerprint density at radius 1 is 1.23 bits per heavy atom. The first-order chi connectivity index (χ1) is 14.4. The highest BCUT2D eigenvalue weighted by Gasteiger charge is 2.24. The Labute approximate surface area is 171 Å². The van der Waals surface area contributed by atoms with Crippen molar-refractivity contribution in [3.63, 3.8) is 0 Å². The lowest BCUT2D eigenvalue weighted by Crippen LogP contribution is -2.28. The van der Waals surface area contributed by atoms with Crippen LogP contribution in [-0.2, 0) is 0 Å². The maximum Gasteiger partial charge on any atom is 0.259 e. The number of rotatable bonds is 4. The molecule has 8 heteroatoms. The van der Waals surface area contributed by atoms with Crippen LogP contribution >= 0.6 is 0 Å². The SMILES string of the molecule is Cc1cc(-c2cc(C(=O)NC(C#N)c3ccccc3F)c3c(C)noc3n2)c(C)o1. The summed E-state index contributed by atoms with van der Waals surface area (Å²) in [5, 5.41) is 16.4. The molecule has 4 aromatic rings. The zero-order valence-corrected chi connectivity index (χ0v) is 16.5. The van der Waals surface area contributed by atoms with Crippen LogP contribution in [0.1, 0.15) is 39.2 Å². The number of hydrogen-bond acceptors (Lipinski definition) is 6. The number of furan rings is 1. The zero-order valence-electron chi connectivity index (χ0n) is 16.5. The van der Waals surface area contributed by atoms with Gasteiger partial charge in [-0.15, -0.1) is 0 Å². The van der Waals surface area contributed by atoms with Crippen LogP contribution in [0, 0.1) is 37.9 Å². The zero-order chi connectivity index (χ0) is 21.4. The molecule has 7 nitrogen and oxygen atoms in total. The molecule has 0 saturated carbocycles. The van der Waals surface area contributed by atoms with Crippen LogP contribution < -0.4 is 5.32 Å². The summed E-state index contributed by atoms with van der Waals surface area (Å²) in [5.74, 6) is 0.203. The summed E-state index contributed by atoms with van der Waals surface area (Å²) in [7, 11) is 0. The largest absolute Gasteiger partial charge is 0.466 e. The molecule has 0 saturated heterocycles. The van der Waals surface area contributed by atoms with E-state index >= 15 is 0 Å². The minimum absolute atomic E-state index is 0.0854. The van der Waals surface area contributed by atoms with E-state index in [1.165, 1.54) is 18.2 Å². The van der Waals surface area contributed by atoms with Crippen LogP contribution in [0.15, 0.2) is 45.3 Å². The highest BCUT2D eigenvalue weighted by atomic mass is 19.1. The first-order valence-electron chi connectivity index (χ1n) is 9.18. The van der Waals surface area contributed by atoms with Crippen LogP contribution in [0.3, 0.4) is 0 Å². The molecular weight excluding hydrogens is 387 g/mol. The molecule has 0 spiro atoms. The number of nitrogens with zero attached hydrogens (tertiary/aromatic N) is 3. The molecule has 0 radical (unpaired) electrons. The molecule has 1 unspecified atom stereocenters. The van der Waals surface area contributed by atoms with Gasteiger partial charge in [0.2, 0.25) is 0 Å². The molecule has 0 bridgehead atoms. The summed E-state index contributed by atoms with van der Waals surface area (Å²) in [4.78, 5) is 17.6. The Morgan fingerprint density at radius 3 is 2.67 bits per heavy atom. The van der Waals surface area contributed by atoms with Crippen molar-refractivity contribution in [2.75, 3.05) is 0 Å². The molecule has 1 atom stereocenters. The number of nitrogens with one attached hydrogen (secondary N) is 1. The summed E-state index contributed by atoms with van der Waals surface area (Å²) in [5.41, 5.74) is 2.16. The van der Waals surface area contributed by atoms with Crippen LogP contribution in [0.4, 0.5) is 4.39 Å². The van der Waals surface area contributed by atoms with Gasteiger partial charge in [-0.2, -0.15) is 5.26 Å². The van der Waals surface area contributed by atoms with Gasteiger partial charge in [-0.1, -0.05) is 23.4 Å². The number of hydrogen-bond donors (Lipinski definition) is 1. The highest BCUT2D eigenvalue weighted by molar-refractivity contribution is 6.07. The van der Waals surface area contributed by atoms with E-state index in [-0.39, 0.29) is 16.8 Å². The van der Waals surface area contributed by atoms with Gasteiger partial charge in [-0.3, -0.25) is 4.79 Å². The van der Waals surface area contributed by atoms with Gasteiger partial charge >= 0.3 is 0 Å². The Morgan fingerprint density at radius 2 is 2.00 bits per heavy atom. The number of aryl methyl sites for hydroxylation is 3. The Hall–Kier alpha value is -3.99. The number of benzene rings is 1. The van der Waals surface area contributed by atoms with Crippen LogP contribution in [0.2, 0.25) is 0 Å². The standard InChI is InChI=1S/C22H17FN4O3/c1-11-8-15(13(3)29-11)18-9-16(20-12(2)27-30-22(20)26-18)21(28)25-19(10-24)14-6-4-5-7-17(14)23/h4-9,19H,1-3H3,(H,25,28). The van der Waals surface area contributed by atoms with Crippen molar-refractivity contribution in [2.24, 2.45) is 0 Å². The summed E-state index contributed by atoms with van der Waals surface area (Å²) in [6.45, 7) is 5.30. The van der Waals surface area contributed by atoms with E-state index in [0.29, 0.717) is 33.9 Å². The predicted molar refractivity (Wildman–Crippen MR) is 106 cm³/mol. The van der Waals surface area contributed by atoms with E-state index in [1.54, 1.807) is 26.0 Å². The van der Waals surface area contributed by atoms with E-state index < -0.39 is 17.8 Å². The average molecular weight is 404 g/mol. The average Bonchev–Trinajstić information content (AvgIpc) is 3.27. The van der Waals surface area contributed by atoms with E-state index in [2.05, 4.69) is 15.5 Å². The number of carbonyl (C=O) groups excluding carboxylic acids is 1. The van der Waals surface area contributed by atoms with Crippen molar-refractivity contribution in [1.82, 2.24) is 15.5 Å². The second-order valence-corrected chi connectivity index (χ2v) is 6.89. The fraction of sp³-hybridized carbons (Fsp3) is 0.182. The van der Waals surface area contributed by atoms with Gasteiger partial charge in [0.15, 0.2) is 0 Å². The van der Waals surface area contributed by atoms with Gasteiger partial charge in [0.05, 0.1) is 28.4 Å². The Bertz CT molecular complexity index is 1320. The number of carbonyl (C=O) groups is 1. The summed E-state index contributed by atoms with van der Waals surface area (Å²) in [6, 6.07) is 9.99. The minimum Gasteiger partial charge on any atom is -0.466 e. The second-order valence-electron chi connectivity index (χ2n) is 6.89. The Kier molecular flexibility index (Phi) is 4.80. The molecule has 30 heavy (non-hydrogen) atoms. The first-order valence-corrected chi connectivity index (χ1v) is 9.18. The quantitative estimate of drug-likeness (QED) is 0.535. The van der Waals surface area contributed by atoms with Crippen molar-refractivity contribution in [1.29, 1.82) is 5.26 Å². The topological polar surface area (TPSA) is 105 Å². The molecule has 1 aromatic carbocycles. The number of nitriles is 1. The minimum atomic E-state index is -1.16. The molecular formula is C22H17FN4O3. The van der Waals surface area contributed by atoms with E-state index in [1.807, 2.05) is 19.1 Å². The maximum atomic E-state index is 14.1. The summed E-state index contributed by atoms with van der Waals surface area (Å²) in [6.07, 6.45) is 0. The van der Waals surface area contributed by atoms with E-state index in [4.69, 9.17) is 8.94 Å². The monoisotopic (exact) mass is 404 g/mol. The van der Waals surface area contributed by atoms with Gasteiger partial charge < -0.3 is 14.3 Å². The fourth-order valence-electron chi connectivity index (χ4n) is 3.39. The van der Waals surface area contributed by atoms with Crippen LogP contribution in [0.25, 0.3) is 22.4 Å². The van der Waals surface area contributed by atoms with Gasteiger partial charge in [0.1, 0.15) is 23.4 Å². The molecule has 150 valence electrons. The highest BCUT2D eigenvalue weighted by Crippen LogP contribution is 2.30. The van der Waals surface area contributed by atoms with Crippen molar-refractivity contribution < 1.29 is 18.1 Å². The van der Waals surface area contributed by atoms with Gasteiger partial charge in [0, 0.05) is 11.1 Å². The smallest absolute Gasteiger partial charge is 0.259 e. The normalized spacial score (nSPS) is 12.0. The molecule has 3 heterocycles. The molecule has 1 amide bonds. The predicted octanol–water partition coefficient (Wildman–Crippen LogP) is 4.54. The Balaban J connectivity index is 1.80. The van der Waals surface area contributed by atoms with Gasteiger partial charge in [-0.25, -0.2) is 9.37 Å². The number of aromatic nitrogens is 2. The van der Waals surface area contributed by atoms with Crippen molar-refractivity contribution in [3.8, 4) is 17.3 Å². The number of amides is 1. The first kappa shape index (κ1) is 19.3. The third-order valence-corrected chi connectivity index (χ3v) is 4.80. The molecule has 0 aliphatic rings. The van der Waals surface area contributed by atoms with E-state index in [0.717, 1.165) is 0 Å². The maximum absolute atomic E-state index is 14.1. The fourth-order valence-corrected chi connectivity index (χ4v) is 3.39. The molecule has 3 aromatic heterocycles. The van der Waals surface area contributed by atoms with Gasteiger partial charge in [-0.05, 0) is 39.0 Å². The van der Waals surface area contributed by atoms with Crippen molar-refractivity contribution >= 4 is 17.0 Å². The van der Waals surface area contributed by atoms with E-state index in [9.17, 15) is 14.4 Å². The number of pyridine rings is 1. The molecule has 1 N–H and O–H groups in total. The lowest BCUT2D eigenvalue weighted by atomic mass is 10.0. The third kappa shape index (κ3) is 3.31. The van der Waals surface area contributed by atoms with Crippen molar-refractivity contribution in [2.45, 2.75) is 26.8 Å². The summed E-state index contributed by atoms with van der Waals surface area (Å²) < 4.78 is 25.0. The van der Waals surface area contributed by atoms with Gasteiger partial charge in [0.25, 0.3) is 11.6 Å². The molecule has 0 fully saturated rings. The van der Waals surface area contributed by atoms with Crippen LogP contribution in [-0.4, -0.2) is 16.0 Å². The second kappa shape index (κ2) is 7.44. The summed E-state index contributed by atoms with van der Waals surface area (Å²) >= 11 is 0. The van der Waals surface area contributed by atoms with Crippen LogP contribution in [0.5, 0.6) is 0 Å². The lowest BCUT2D eigenvalue weighted by Gasteiger charge is -2.13. The number of halogens is 1. The van der Waals surface area contributed by atoms with Crippen molar-refractivity contribution in [3.05, 3.63) is 70.6 Å². The third-order valence-electron chi connectivity index (χ3n) is 4.80.